The Bertz CT molecular complexity index is 1510. The number of hydrogen-bond acceptors (Lipinski definition) is 6. The molecule has 0 radical (unpaired) electrons. The number of anilines is 1. The van der Waals surface area contributed by atoms with Crippen molar-refractivity contribution in [3.63, 3.8) is 0 Å². The topological polar surface area (TPSA) is 126 Å². The number of aromatic carboxylic acids is 1. The SMILES string of the molecule is CC.CC(=O)N/C=C\C1=C(c2ccnc3c2cc(C(C)N2CCC(c4c(C)cc(C(=O)O)cc4N)CC2)n3C)CCN1. The molecule has 1 amide bonds. The predicted molar refractivity (Wildman–Crippen MR) is 169 cm³/mol. The molecule has 2 aliphatic heterocycles. The fourth-order valence-corrected chi connectivity index (χ4v) is 6.42. The van der Waals surface area contributed by atoms with Crippen molar-refractivity contribution in [1.82, 2.24) is 25.1 Å². The van der Waals surface area contributed by atoms with Gasteiger partial charge in [0.05, 0.1) is 5.56 Å². The monoisotopic (exact) mass is 572 g/mol. The van der Waals surface area contributed by atoms with Gasteiger partial charge >= 0.3 is 5.97 Å². The number of amides is 1. The number of fused-ring (bicyclic) bond motifs is 1. The fraction of sp³-hybridized carbons (Fsp3) is 0.424. The molecule has 2 aromatic heterocycles. The van der Waals surface area contributed by atoms with E-state index in [1.165, 1.54) is 23.8 Å². The van der Waals surface area contributed by atoms with Crippen molar-refractivity contribution >= 4 is 34.2 Å². The number of hydrogen-bond donors (Lipinski definition) is 4. The van der Waals surface area contributed by atoms with Gasteiger partial charge in [-0.1, -0.05) is 13.8 Å². The Kier molecular flexibility index (Phi) is 9.73. The van der Waals surface area contributed by atoms with E-state index in [9.17, 15) is 14.7 Å². The van der Waals surface area contributed by atoms with Crippen LogP contribution >= 0.6 is 0 Å². The molecule has 9 heteroatoms. The van der Waals surface area contributed by atoms with Crippen LogP contribution in [-0.4, -0.2) is 51.1 Å². The Balaban J connectivity index is 0.00000198. The van der Waals surface area contributed by atoms with E-state index in [-0.39, 0.29) is 17.5 Å². The predicted octanol–water partition coefficient (Wildman–Crippen LogP) is 5.48. The molecule has 0 aliphatic carbocycles. The Morgan fingerprint density at radius 2 is 1.93 bits per heavy atom. The van der Waals surface area contributed by atoms with Gasteiger partial charge in [0, 0.05) is 61.4 Å². The molecule has 1 atom stereocenters. The minimum atomic E-state index is -0.948. The summed E-state index contributed by atoms with van der Waals surface area (Å²) in [6.07, 6.45) is 8.33. The molecular weight excluding hydrogens is 528 g/mol. The Hall–Kier alpha value is -4.11. The first-order chi connectivity index (χ1) is 20.2. The van der Waals surface area contributed by atoms with Gasteiger partial charge in [0.1, 0.15) is 5.65 Å². The van der Waals surface area contributed by atoms with Gasteiger partial charge in [0.25, 0.3) is 0 Å². The summed E-state index contributed by atoms with van der Waals surface area (Å²) in [6, 6.07) is 7.90. The second-order valence-corrected chi connectivity index (χ2v) is 10.9. The molecule has 9 nitrogen and oxygen atoms in total. The Morgan fingerprint density at radius 3 is 2.57 bits per heavy atom. The molecule has 0 bridgehead atoms. The quantitative estimate of drug-likeness (QED) is 0.276. The van der Waals surface area contributed by atoms with Gasteiger partial charge in [-0.05, 0) is 105 Å². The van der Waals surface area contributed by atoms with E-state index in [0.29, 0.717) is 11.6 Å². The number of carbonyl (C=O) groups excluding carboxylic acids is 1. The van der Waals surface area contributed by atoms with Crippen LogP contribution < -0.4 is 16.4 Å². The number of nitrogens with two attached hydrogens (primary N) is 1. The van der Waals surface area contributed by atoms with Crippen molar-refractivity contribution in [2.45, 2.75) is 65.8 Å². The third kappa shape index (κ3) is 6.21. The molecule has 0 saturated carbocycles. The molecule has 5 N–H and O–H groups in total. The molecule has 224 valence electrons. The molecule has 4 heterocycles. The van der Waals surface area contributed by atoms with Crippen LogP contribution in [-0.2, 0) is 11.8 Å². The Morgan fingerprint density at radius 1 is 1.21 bits per heavy atom. The van der Waals surface area contributed by atoms with E-state index in [0.717, 1.165) is 66.8 Å². The van der Waals surface area contributed by atoms with E-state index in [1.54, 1.807) is 18.3 Å². The molecule has 1 fully saturated rings. The minimum Gasteiger partial charge on any atom is -0.478 e. The highest BCUT2D eigenvalue weighted by molar-refractivity contribution is 5.93. The summed E-state index contributed by atoms with van der Waals surface area (Å²) in [6.45, 7) is 12.4. The number of pyridine rings is 1. The number of carboxylic acids is 1. The number of nitrogens with zero attached hydrogens (tertiary/aromatic N) is 3. The first-order valence-corrected chi connectivity index (χ1v) is 14.9. The van der Waals surface area contributed by atoms with Gasteiger partial charge in [-0.25, -0.2) is 9.78 Å². The zero-order chi connectivity index (χ0) is 30.6. The van der Waals surface area contributed by atoms with Crippen LogP contribution in [0.25, 0.3) is 16.6 Å². The fourth-order valence-electron chi connectivity index (χ4n) is 6.42. The van der Waals surface area contributed by atoms with Crippen molar-refractivity contribution in [3.8, 4) is 0 Å². The van der Waals surface area contributed by atoms with Crippen molar-refractivity contribution < 1.29 is 14.7 Å². The molecule has 0 spiro atoms. The van der Waals surface area contributed by atoms with Gasteiger partial charge in [0.15, 0.2) is 0 Å². The van der Waals surface area contributed by atoms with Crippen LogP contribution in [0.3, 0.4) is 0 Å². The van der Waals surface area contributed by atoms with Crippen LogP contribution in [0.2, 0.25) is 0 Å². The second-order valence-electron chi connectivity index (χ2n) is 10.9. The number of nitrogen functional groups attached to an aromatic ring is 1. The number of allylic oxidation sites excluding steroid dienone is 1. The number of nitrogens with one attached hydrogen (secondary N) is 2. The van der Waals surface area contributed by atoms with E-state index in [4.69, 9.17) is 10.7 Å². The lowest BCUT2D eigenvalue weighted by Crippen LogP contribution is -2.36. The number of carboxylic acid groups (broad SMARTS) is 1. The van der Waals surface area contributed by atoms with Crippen LogP contribution in [0.15, 0.2) is 48.4 Å². The lowest BCUT2D eigenvalue weighted by Gasteiger charge is -2.37. The largest absolute Gasteiger partial charge is 0.478 e. The number of likely N-dealkylation sites (tertiary alicyclic amines) is 1. The maximum atomic E-state index is 11.4. The van der Waals surface area contributed by atoms with Crippen molar-refractivity contribution in [3.05, 3.63) is 76.4 Å². The summed E-state index contributed by atoms with van der Waals surface area (Å²) < 4.78 is 2.21. The summed E-state index contributed by atoms with van der Waals surface area (Å²) in [4.78, 5) is 30.0. The number of carbonyl (C=O) groups is 2. The first-order valence-electron chi connectivity index (χ1n) is 14.9. The van der Waals surface area contributed by atoms with E-state index in [2.05, 4.69) is 46.2 Å². The summed E-state index contributed by atoms with van der Waals surface area (Å²) in [5, 5.41) is 16.7. The zero-order valence-electron chi connectivity index (χ0n) is 25.6. The Labute approximate surface area is 248 Å². The summed E-state index contributed by atoms with van der Waals surface area (Å²) in [7, 11) is 2.09. The van der Waals surface area contributed by atoms with Crippen LogP contribution in [0.5, 0.6) is 0 Å². The number of benzene rings is 1. The molecule has 42 heavy (non-hydrogen) atoms. The highest BCUT2D eigenvalue weighted by Gasteiger charge is 2.29. The van der Waals surface area contributed by atoms with E-state index >= 15 is 0 Å². The highest BCUT2D eigenvalue weighted by Crippen LogP contribution is 2.39. The lowest BCUT2D eigenvalue weighted by molar-refractivity contribution is -0.118. The van der Waals surface area contributed by atoms with Gasteiger partial charge in [-0.15, -0.1) is 0 Å². The van der Waals surface area contributed by atoms with Gasteiger partial charge in [0.2, 0.25) is 5.91 Å². The van der Waals surface area contributed by atoms with Crippen molar-refractivity contribution in [1.29, 1.82) is 0 Å². The molecule has 5 rings (SSSR count). The second kappa shape index (κ2) is 13.2. The number of piperidine rings is 1. The smallest absolute Gasteiger partial charge is 0.335 e. The molecule has 1 unspecified atom stereocenters. The molecule has 1 aromatic carbocycles. The van der Waals surface area contributed by atoms with Gasteiger partial charge in [-0.3, -0.25) is 9.69 Å². The van der Waals surface area contributed by atoms with Gasteiger partial charge < -0.3 is 26.0 Å². The summed E-state index contributed by atoms with van der Waals surface area (Å²) in [5.74, 6) is -0.725. The van der Waals surface area contributed by atoms with E-state index < -0.39 is 5.97 Å². The first kappa shape index (κ1) is 30.8. The zero-order valence-corrected chi connectivity index (χ0v) is 25.6. The lowest BCUT2D eigenvalue weighted by atomic mass is 9.84. The number of rotatable bonds is 7. The normalized spacial score (nSPS) is 16.8. The molecular formula is C33H44N6O3. The van der Waals surface area contributed by atoms with Crippen LogP contribution in [0.4, 0.5) is 5.69 Å². The molecule has 1 saturated heterocycles. The number of aryl methyl sites for hydroxylation is 2. The molecule has 3 aromatic rings. The van der Waals surface area contributed by atoms with Gasteiger partial charge in [-0.2, -0.15) is 0 Å². The minimum absolute atomic E-state index is 0.0943. The summed E-state index contributed by atoms with van der Waals surface area (Å²) in [5.41, 5.74) is 14.8. The van der Waals surface area contributed by atoms with Crippen molar-refractivity contribution in [2.75, 3.05) is 25.4 Å². The maximum absolute atomic E-state index is 11.4. The summed E-state index contributed by atoms with van der Waals surface area (Å²) >= 11 is 0. The third-order valence-electron chi connectivity index (χ3n) is 8.42. The van der Waals surface area contributed by atoms with Crippen LogP contribution in [0.1, 0.15) is 91.7 Å². The number of aromatic nitrogens is 2. The standard InChI is InChI=1S/C31H38N6O3.C2H6/c1-18-15-22(31(39)40)16-26(32)29(18)21-8-13-37(14-9-21)19(2)28-17-25-23(5-11-35-30(25)36(28)4)24-6-10-34-27(24)7-12-33-20(3)38;1-2/h5,7,11-12,15-17,19,21,34H,6,8-10,13-14,32H2,1-4H3,(H,33,38)(H,39,40);1-2H3/b12-7-;. The highest BCUT2D eigenvalue weighted by atomic mass is 16.4. The van der Waals surface area contributed by atoms with Crippen molar-refractivity contribution in [2.24, 2.45) is 7.05 Å². The third-order valence-corrected chi connectivity index (χ3v) is 8.42. The van der Waals surface area contributed by atoms with E-state index in [1.807, 2.05) is 33.0 Å². The average molecular weight is 573 g/mol. The average Bonchev–Trinajstić information content (AvgIpc) is 3.57. The molecule has 2 aliphatic rings. The van der Waals surface area contributed by atoms with Crippen LogP contribution in [0, 0.1) is 6.92 Å². The maximum Gasteiger partial charge on any atom is 0.335 e.